The number of piperidine rings is 1. The lowest BCUT2D eigenvalue weighted by molar-refractivity contribution is 0.273. The molecule has 0 aromatic heterocycles. The van der Waals surface area contributed by atoms with Crippen molar-refractivity contribution in [2.75, 3.05) is 19.6 Å². The average Bonchev–Trinajstić information content (AvgIpc) is 2.98. The summed E-state index contributed by atoms with van der Waals surface area (Å²) in [6.07, 6.45) is 3.81. The second kappa shape index (κ2) is 3.43. The molecule has 2 aliphatic heterocycles. The van der Waals surface area contributed by atoms with Gasteiger partial charge in [0.25, 0.3) is 0 Å². The molecule has 3 rings (SSSR count). The molecule has 2 heterocycles. The summed E-state index contributed by atoms with van der Waals surface area (Å²) in [6.45, 7) is 2.73. The van der Waals surface area contributed by atoms with Gasteiger partial charge in [-0.3, -0.25) is 0 Å². The molecule has 0 radical (unpaired) electrons. The molecule has 2 atom stereocenters. The van der Waals surface area contributed by atoms with Crippen LogP contribution in [0.15, 0.2) is 0 Å². The summed E-state index contributed by atoms with van der Waals surface area (Å²) in [5.74, 6) is 0.562. The normalized spacial score (nSPS) is 37.9. The van der Waals surface area contributed by atoms with Crippen LogP contribution in [0.3, 0.4) is 0 Å². The Hall–Kier alpha value is -0.130. The third-order valence-electron chi connectivity index (χ3n) is 3.93. The molecule has 3 aliphatic rings. The number of sulfonamides is 1. The van der Waals surface area contributed by atoms with Gasteiger partial charge in [-0.1, -0.05) is 0 Å². The van der Waals surface area contributed by atoms with Crippen LogP contribution in [0.25, 0.3) is 0 Å². The Morgan fingerprint density at radius 1 is 1.13 bits per heavy atom. The van der Waals surface area contributed by atoms with Crippen molar-refractivity contribution < 1.29 is 8.42 Å². The van der Waals surface area contributed by atoms with Gasteiger partial charge in [-0.25, -0.2) is 8.42 Å². The Labute approximate surface area is 91.1 Å². The van der Waals surface area contributed by atoms with E-state index < -0.39 is 10.0 Å². The monoisotopic (exact) mass is 230 g/mol. The first kappa shape index (κ1) is 10.1. The Balaban J connectivity index is 1.81. The van der Waals surface area contributed by atoms with Crippen molar-refractivity contribution in [2.24, 2.45) is 5.92 Å². The highest BCUT2D eigenvalue weighted by Crippen LogP contribution is 2.38. The van der Waals surface area contributed by atoms with Gasteiger partial charge in [0.1, 0.15) is 0 Å². The summed E-state index contributed by atoms with van der Waals surface area (Å²) < 4.78 is 26.1. The summed E-state index contributed by atoms with van der Waals surface area (Å²) in [5.41, 5.74) is 0. The van der Waals surface area contributed by atoms with Crippen LogP contribution in [0.4, 0.5) is 0 Å². The van der Waals surface area contributed by atoms with Crippen LogP contribution in [-0.2, 0) is 10.0 Å². The predicted octanol–water partition coefficient (Wildman–Crippen LogP) is 0.162. The van der Waals surface area contributed by atoms with E-state index in [9.17, 15) is 8.42 Å². The van der Waals surface area contributed by atoms with Crippen molar-refractivity contribution in [3.8, 4) is 0 Å². The first-order chi connectivity index (χ1) is 7.19. The van der Waals surface area contributed by atoms with Crippen molar-refractivity contribution >= 4 is 10.0 Å². The molecule has 0 aromatic carbocycles. The summed E-state index contributed by atoms with van der Waals surface area (Å²) >= 11 is 0. The SMILES string of the molecule is O=S(=O)(C1CC1)N1CC[C@@H]2CNCC[C@H]21. The van der Waals surface area contributed by atoms with Gasteiger partial charge in [0.05, 0.1) is 5.25 Å². The lowest BCUT2D eigenvalue weighted by Gasteiger charge is -2.31. The van der Waals surface area contributed by atoms with Crippen LogP contribution >= 0.6 is 0 Å². The van der Waals surface area contributed by atoms with Gasteiger partial charge in [0.2, 0.25) is 10.0 Å². The molecule has 0 bridgehead atoms. The molecule has 1 N–H and O–H groups in total. The molecule has 3 fully saturated rings. The van der Waals surface area contributed by atoms with Crippen LogP contribution in [0.2, 0.25) is 0 Å². The molecule has 5 heteroatoms. The van der Waals surface area contributed by atoms with Gasteiger partial charge < -0.3 is 5.32 Å². The van der Waals surface area contributed by atoms with Crippen molar-refractivity contribution in [3.63, 3.8) is 0 Å². The average molecular weight is 230 g/mol. The van der Waals surface area contributed by atoms with E-state index in [1.54, 1.807) is 0 Å². The lowest BCUT2D eigenvalue weighted by atomic mass is 9.95. The summed E-state index contributed by atoms with van der Waals surface area (Å²) in [4.78, 5) is 0. The van der Waals surface area contributed by atoms with E-state index in [4.69, 9.17) is 0 Å². The molecule has 2 saturated heterocycles. The fourth-order valence-electron chi connectivity index (χ4n) is 2.91. The smallest absolute Gasteiger partial charge is 0.217 e. The third-order valence-corrected chi connectivity index (χ3v) is 6.35. The second-order valence-electron chi connectivity index (χ2n) is 4.96. The largest absolute Gasteiger partial charge is 0.316 e. The standard InChI is InChI=1S/C10H18N2O2S/c13-15(14,9-1-2-9)12-6-4-8-7-11-5-3-10(8)12/h8-11H,1-7H2/t8-,10-/m1/s1. The molecule has 15 heavy (non-hydrogen) atoms. The number of hydrogen-bond donors (Lipinski definition) is 1. The summed E-state index contributed by atoms with van der Waals surface area (Å²) in [7, 11) is -2.93. The highest BCUT2D eigenvalue weighted by atomic mass is 32.2. The van der Waals surface area contributed by atoms with Crippen LogP contribution in [-0.4, -0.2) is 43.6 Å². The minimum absolute atomic E-state index is 0.0360. The van der Waals surface area contributed by atoms with Gasteiger partial charge in [-0.15, -0.1) is 0 Å². The van der Waals surface area contributed by atoms with Crippen LogP contribution in [0.1, 0.15) is 25.7 Å². The van der Waals surface area contributed by atoms with Gasteiger partial charge in [-0.05, 0) is 44.7 Å². The van der Waals surface area contributed by atoms with Crippen molar-refractivity contribution in [1.29, 1.82) is 0 Å². The topological polar surface area (TPSA) is 49.4 Å². The maximum absolute atomic E-state index is 12.2. The Bertz CT molecular complexity index is 350. The van der Waals surface area contributed by atoms with E-state index in [-0.39, 0.29) is 5.25 Å². The Morgan fingerprint density at radius 2 is 1.93 bits per heavy atom. The first-order valence-electron chi connectivity index (χ1n) is 5.91. The van der Waals surface area contributed by atoms with Gasteiger partial charge in [0, 0.05) is 12.6 Å². The van der Waals surface area contributed by atoms with Crippen molar-refractivity contribution in [2.45, 2.75) is 37.0 Å². The predicted molar refractivity (Wildman–Crippen MR) is 58.0 cm³/mol. The molecule has 4 nitrogen and oxygen atoms in total. The quantitative estimate of drug-likeness (QED) is 0.735. The summed E-state index contributed by atoms with van der Waals surface area (Å²) in [5, 5.41) is 3.32. The number of hydrogen-bond acceptors (Lipinski definition) is 3. The molecule has 0 amide bonds. The zero-order valence-corrected chi connectivity index (χ0v) is 9.67. The highest BCUT2D eigenvalue weighted by molar-refractivity contribution is 7.90. The highest BCUT2D eigenvalue weighted by Gasteiger charge is 2.47. The lowest BCUT2D eigenvalue weighted by Crippen LogP contribution is -2.46. The number of nitrogens with one attached hydrogen (secondary N) is 1. The van der Waals surface area contributed by atoms with Crippen LogP contribution < -0.4 is 5.32 Å². The molecule has 1 saturated carbocycles. The van der Waals surface area contributed by atoms with Crippen molar-refractivity contribution in [1.82, 2.24) is 9.62 Å². The summed E-state index contributed by atoms with van der Waals surface area (Å²) in [6, 6.07) is 0.303. The van der Waals surface area contributed by atoms with E-state index in [2.05, 4.69) is 5.32 Å². The molecule has 0 spiro atoms. The number of nitrogens with zero attached hydrogens (tertiary/aromatic N) is 1. The van der Waals surface area contributed by atoms with Crippen LogP contribution in [0.5, 0.6) is 0 Å². The Morgan fingerprint density at radius 3 is 2.67 bits per heavy atom. The third kappa shape index (κ3) is 1.61. The van der Waals surface area contributed by atoms with E-state index in [0.717, 1.165) is 45.3 Å². The van der Waals surface area contributed by atoms with Gasteiger partial charge in [0.15, 0.2) is 0 Å². The van der Waals surface area contributed by atoms with E-state index in [1.807, 2.05) is 4.31 Å². The fraction of sp³-hybridized carbons (Fsp3) is 1.00. The van der Waals surface area contributed by atoms with Crippen LogP contribution in [0, 0.1) is 5.92 Å². The zero-order chi connectivity index (χ0) is 10.5. The zero-order valence-electron chi connectivity index (χ0n) is 8.85. The molecule has 0 unspecified atom stereocenters. The maximum Gasteiger partial charge on any atom is 0.217 e. The van der Waals surface area contributed by atoms with E-state index in [1.165, 1.54) is 0 Å². The van der Waals surface area contributed by atoms with E-state index in [0.29, 0.717) is 12.0 Å². The van der Waals surface area contributed by atoms with E-state index >= 15 is 0 Å². The van der Waals surface area contributed by atoms with Gasteiger partial charge >= 0.3 is 0 Å². The molecule has 86 valence electrons. The second-order valence-corrected chi connectivity index (χ2v) is 7.13. The first-order valence-corrected chi connectivity index (χ1v) is 7.41. The molecule has 1 aliphatic carbocycles. The molecule has 0 aromatic rings. The van der Waals surface area contributed by atoms with Gasteiger partial charge in [-0.2, -0.15) is 4.31 Å². The molecular weight excluding hydrogens is 212 g/mol. The minimum atomic E-state index is -2.93. The molecular formula is C10H18N2O2S. The number of rotatable bonds is 2. The minimum Gasteiger partial charge on any atom is -0.316 e. The number of fused-ring (bicyclic) bond motifs is 1. The maximum atomic E-state index is 12.2. The van der Waals surface area contributed by atoms with Crippen molar-refractivity contribution in [3.05, 3.63) is 0 Å². The Kier molecular flexibility index (Phi) is 2.30. The fourth-order valence-corrected chi connectivity index (χ4v) is 5.04.